The molecule has 1 fully saturated rings. The van der Waals surface area contributed by atoms with Gasteiger partial charge in [0, 0.05) is 37.8 Å². The summed E-state index contributed by atoms with van der Waals surface area (Å²) in [5.74, 6) is -0.0973. The minimum Gasteiger partial charge on any atom is -0.378 e. The summed E-state index contributed by atoms with van der Waals surface area (Å²) >= 11 is 1.36. The molecular weight excluding hydrogens is 462 g/mol. The van der Waals surface area contributed by atoms with Crippen LogP contribution in [0.15, 0.2) is 23.1 Å². The molecule has 0 aliphatic carbocycles. The number of rotatable bonds is 10. The summed E-state index contributed by atoms with van der Waals surface area (Å²) in [5, 5.41) is 12.5. The van der Waals surface area contributed by atoms with Crippen LogP contribution in [0.4, 0.5) is 10.8 Å². The van der Waals surface area contributed by atoms with Gasteiger partial charge in [-0.05, 0) is 31.0 Å². The highest BCUT2D eigenvalue weighted by molar-refractivity contribution is 7.89. The van der Waals surface area contributed by atoms with Crippen molar-refractivity contribution in [3.05, 3.63) is 28.8 Å². The summed E-state index contributed by atoms with van der Waals surface area (Å²) in [6.07, 6.45) is 1.90. The fourth-order valence-electron chi connectivity index (χ4n) is 3.90. The number of carbonyl (C=O) groups excluding carboxylic acids is 1. The topological polar surface area (TPSA) is 105 Å². The summed E-state index contributed by atoms with van der Waals surface area (Å²) in [6.45, 7) is 10.9. The number of carbonyl (C=O) groups is 1. The Hall–Kier alpha value is -2.08. The number of ether oxygens (including phenoxy) is 1. The maximum absolute atomic E-state index is 13.3. The summed E-state index contributed by atoms with van der Waals surface area (Å²) in [7, 11) is -3.71. The number of hydrogen-bond donors (Lipinski definition) is 1. The molecule has 1 amide bonds. The molecule has 33 heavy (non-hydrogen) atoms. The van der Waals surface area contributed by atoms with E-state index in [4.69, 9.17) is 4.74 Å². The first kappa shape index (κ1) is 25.5. The van der Waals surface area contributed by atoms with Crippen molar-refractivity contribution in [1.82, 2.24) is 14.5 Å². The van der Waals surface area contributed by atoms with Gasteiger partial charge in [-0.1, -0.05) is 39.0 Å². The van der Waals surface area contributed by atoms with Crippen molar-refractivity contribution in [3.63, 3.8) is 0 Å². The molecule has 1 aromatic carbocycles. The molecule has 1 saturated heterocycles. The van der Waals surface area contributed by atoms with Crippen molar-refractivity contribution in [2.24, 2.45) is 0 Å². The Kier molecular flexibility index (Phi) is 8.80. The molecule has 2 heterocycles. The van der Waals surface area contributed by atoms with E-state index < -0.39 is 15.9 Å². The van der Waals surface area contributed by atoms with E-state index >= 15 is 0 Å². The Morgan fingerprint density at radius 1 is 1.15 bits per heavy atom. The number of morpholine rings is 1. The summed E-state index contributed by atoms with van der Waals surface area (Å²) in [4.78, 5) is 15.5. The molecule has 2 aromatic rings. The minimum absolute atomic E-state index is 0.100. The molecule has 3 rings (SSSR count). The Morgan fingerprint density at radius 2 is 1.82 bits per heavy atom. The van der Waals surface area contributed by atoms with Gasteiger partial charge in [0.15, 0.2) is 0 Å². The molecule has 0 spiro atoms. The molecule has 0 unspecified atom stereocenters. The zero-order chi connectivity index (χ0) is 24.0. The molecule has 0 bridgehead atoms. The van der Waals surface area contributed by atoms with E-state index in [0.29, 0.717) is 61.7 Å². The van der Waals surface area contributed by atoms with Gasteiger partial charge in [-0.25, -0.2) is 8.42 Å². The third-order valence-electron chi connectivity index (χ3n) is 5.90. The van der Waals surface area contributed by atoms with Crippen LogP contribution in [0.5, 0.6) is 0 Å². The number of benzene rings is 1. The molecule has 0 radical (unpaired) electrons. The normalized spacial score (nSPS) is 14.8. The van der Waals surface area contributed by atoms with Gasteiger partial charge in [0.1, 0.15) is 5.01 Å². The van der Waals surface area contributed by atoms with Crippen molar-refractivity contribution < 1.29 is 17.9 Å². The van der Waals surface area contributed by atoms with Crippen LogP contribution in [0.3, 0.4) is 0 Å². The van der Waals surface area contributed by atoms with Gasteiger partial charge in [0.2, 0.25) is 15.2 Å². The predicted molar refractivity (Wildman–Crippen MR) is 131 cm³/mol. The van der Waals surface area contributed by atoms with Crippen LogP contribution in [-0.4, -0.2) is 68.2 Å². The lowest BCUT2D eigenvalue weighted by molar-refractivity contribution is 0.102. The highest BCUT2D eigenvalue weighted by Crippen LogP contribution is 2.30. The molecule has 182 valence electrons. The minimum atomic E-state index is -3.71. The molecule has 1 N–H and O–H groups in total. The first-order valence-corrected chi connectivity index (χ1v) is 13.7. The lowest BCUT2D eigenvalue weighted by Crippen LogP contribution is -2.37. The second kappa shape index (κ2) is 11.4. The Morgan fingerprint density at radius 3 is 2.42 bits per heavy atom. The molecule has 0 atom stereocenters. The smallest absolute Gasteiger partial charge is 0.259 e. The van der Waals surface area contributed by atoms with Gasteiger partial charge in [0.05, 0.1) is 23.7 Å². The average Bonchev–Trinajstić information content (AvgIpc) is 3.28. The van der Waals surface area contributed by atoms with Gasteiger partial charge >= 0.3 is 0 Å². The highest BCUT2D eigenvalue weighted by Gasteiger charge is 2.27. The van der Waals surface area contributed by atoms with E-state index in [-0.39, 0.29) is 4.90 Å². The van der Waals surface area contributed by atoms with Gasteiger partial charge < -0.3 is 9.64 Å². The number of nitrogens with zero attached hydrogens (tertiary/aromatic N) is 4. The summed E-state index contributed by atoms with van der Waals surface area (Å²) in [6, 6.07) is 4.76. The van der Waals surface area contributed by atoms with E-state index in [2.05, 4.69) is 29.4 Å². The Bertz CT molecular complexity index is 1040. The van der Waals surface area contributed by atoms with Crippen LogP contribution in [0.1, 0.15) is 61.8 Å². The quantitative estimate of drug-likeness (QED) is 0.537. The first-order valence-electron chi connectivity index (χ1n) is 11.5. The predicted octanol–water partition coefficient (Wildman–Crippen LogP) is 3.56. The second-order valence-corrected chi connectivity index (χ2v) is 10.7. The zero-order valence-electron chi connectivity index (χ0n) is 19.7. The van der Waals surface area contributed by atoms with E-state index in [1.165, 1.54) is 21.7 Å². The van der Waals surface area contributed by atoms with Crippen LogP contribution < -0.4 is 10.2 Å². The SMILES string of the molecule is CCC(CC)c1nnc(NC(=O)c2cc(S(=O)(=O)N(CC)CC)ccc2N2CCOCC2)s1. The van der Waals surface area contributed by atoms with Gasteiger partial charge in [-0.2, -0.15) is 4.31 Å². The lowest BCUT2D eigenvalue weighted by Gasteiger charge is -2.30. The molecule has 0 saturated carbocycles. The number of nitrogens with one attached hydrogen (secondary N) is 1. The molecule has 11 heteroatoms. The van der Waals surface area contributed by atoms with Crippen molar-refractivity contribution in [2.75, 3.05) is 49.6 Å². The average molecular weight is 496 g/mol. The molecule has 1 aliphatic heterocycles. The summed E-state index contributed by atoms with van der Waals surface area (Å²) in [5.41, 5.74) is 0.975. The Balaban J connectivity index is 1.97. The standard InChI is InChI=1S/C22H33N5O4S2/c1-5-16(6-2)21-24-25-22(32-21)23-20(28)18-15-17(33(29,30)27(7-3)8-4)9-10-19(18)26-11-13-31-14-12-26/h9-10,15-16H,5-8,11-14H2,1-4H3,(H,23,25,28). The maximum Gasteiger partial charge on any atom is 0.259 e. The number of aromatic nitrogens is 2. The zero-order valence-corrected chi connectivity index (χ0v) is 21.3. The van der Waals surface area contributed by atoms with Gasteiger partial charge in [-0.3, -0.25) is 10.1 Å². The second-order valence-electron chi connectivity index (χ2n) is 7.78. The number of hydrogen-bond acceptors (Lipinski definition) is 8. The number of anilines is 2. The van der Waals surface area contributed by atoms with E-state index in [9.17, 15) is 13.2 Å². The van der Waals surface area contributed by atoms with Crippen molar-refractivity contribution in [1.29, 1.82) is 0 Å². The summed E-state index contributed by atoms with van der Waals surface area (Å²) < 4.78 is 33.0. The van der Waals surface area contributed by atoms with Crippen molar-refractivity contribution in [2.45, 2.75) is 51.3 Å². The molecule has 1 aliphatic rings. The number of amides is 1. The van der Waals surface area contributed by atoms with E-state index in [1.807, 2.05) is 4.90 Å². The maximum atomic E-state index is 13.3. The van der Waals surface area contributed by atoms with Crippen molar-refractivity contribution >= 4 is 38.1 Å². The lowest BCUT2D eigenvalue weighted by atomic mass is 10.1. The fraction of sp³-hybridized carbons (Fsp3) is 0.591. The van der Waals surface area contributed by atoms with Gasteiger partial charge in [0.25, 0.3) is 5.91 Å². The highest BCUT2D eigenvalue weighted by atomic mass is 32.2. The fourth-order valence-corrected chi connectivity index (χ4v) is 6.39. The Labute approximate surface area is 200 Å². The monoisotopic (exact) mass is 495 g/mol. The van der Waals surface area contributed by atoms with Crippen LogP contribution in [-0.2, 0) is 14.8 Å². The van der Waals surface area contributed by atoms with Crippen LogP contribution >= 0.6 is 11.3 Å². The van der Waals surface area contributed by atoms with E-state index in [0.717, 1.165) is 17.8 Å². The first-order chi connectivity index (χ1) is 15.8. The number of sulfonamides is 1. The van der Waals surface area contributed by atoms with Crippen LogP contribution in [0.25, 0.3) is 0 Å². The van der Waals surface area contributed by atoms with Crippen LogP contribution in [0, 0.1) is 0 Å². The third kappa shape index (κ3) is 5.71. The molecule has 9 nitrogen and oxygen atoms in total. The third-order valence-corrected chi connectivity index (χ3v) is 8.95. The van der Waals surface area contributed by atoms with Crippen molar-refractivity contribution in [3.8, 4) is 0 Å². The van der Waals surface area contributed by atoms with E-state index in [1.54, 1.807) is 26.0 Å². The van der Waals surface area contributed by atoms with Crippen LogP contribution in [0.2, 0.25) is 0 Å². The van der Waals surface area contributed by atoms with Gasteiger partial charge in [-0.15, -0.1) is 10.2 Å². The molecule has 1 aromatic heterocycles. The molecular formula is C22H33N5O4S2. The largest absolute Gasteiger partial charge is 0.378 e.